The predicted octanol–water partition coefficient (Wildman–Crippen LogP) is 2.45. The minimum Gasteiger partial charge on any atom is -0.486 e. The Morgan fingerprint density at radius 2 is 1.92 bits per heavy atom. The molecule has 0 aromatic heterocycles. The maximum atomic E-state index is 13.6. The van der Waals surface area contributed by atoms with Crippen molar-refractivity contribution in [2.45, 2.75) is 6.10 Å². The van der Waals surface area contributed by atoms with Gasteiger partial charge in [0.05, 0.1) is 6.10 Å². The zero-order valence-electron chi connectivity index (χ0n) is 12.8. The predicted molar refractivity (Wildman–Crippen MR) is 85.8 cm³/mol. The molecular formula is C17H17FN2O4. The van der Waals surface area contributed by atoms with Crippen molar-refractivity contribution in [3.05, 3.63) is 53.8 Å². The van der Waals surface area contributed by atoms with Crippen molar-refractivity contribution in [3.8, 4) is 11.5 Å². The van der Waals surface area contributed by atoms with Gasteiger partial charge in [-0.15, -0.1) is 0 Å². The van der Waals surface area contributed by atoms with Gasteiger partial charge in [0.15, 0.2) is 11.5 Å². The maximum Gasteiger partial charge on any atom is 0.319 e. The second-order valence-corrected chi connectivity index (χ2v) is 5.23. The molecule has 0 aliphatic carbocycles. The van der Waals surface area contributed by atoms with Crippen LogP contribution in [-0.4, -0.2) is 30.9 Å². The van der Waals surface area contributed by atoms with Crippen molar-refractivity contribution < 1.29 is 23.8 Å². The molecule has 126 valence electrons. The first-order chi connectivity index (χ1) is 11.6. The summed E-state index contributed by atoms with van der Waals surface area (Å²) in [4.78, 5) is 11.9. The van der Waals surface area contributed by atoms with Gasteiger partial charge in [-0.05, 0) is 18.2 Å². The first kappa shape index (κ1) is 16.1. The number of carbonyl (C=O) groups is 1. The third kappa shape index (κ3) is 3.75. The number of nitrogens with one attached hydrogen (secondary N) is 2. The van der Waals surface area contributed by atoms with Gasteiger partial charge in [-0.2, -0.15) is 0 Å². The SMILES string of the molecule is O=C(NCC(O)c1ccccc1F)Nc1ccc2c(c1)OCCO2. The zero-order valence-corrected chi connectivity index (χ0v) is 12.8. The number of amides is 2. The van der Waals surface area contributed by atoms with Gasteiger partial charge in [0.25, 0.3) is 0 Å². The molecular weight excluding hydrogens is 315 g/mol. The summed E-state index contributed by atoms with van der Waals surface area (Å²) in [5.74, 6) is 0.673. The number of halogens is 1. The van der Waals surface area contributed by atoms with Gasteiger partial charge >= 0.3 is 6.03 Å². The molecule has 2 aromatic carbocycles. The molecule has 1 heterocycles. The lowest BCUT2D eigenvalue weighted by molar-refractivity contribution is 0.170. The maximum absolute atomic E-state index is 13.6. The monoisotopic (exact) mass is 332 g/mol. The molecule has 0 radical (unpaired) electrons. The summed E-state index contributed by atoms with van der Waals surface area (Å²) >= 11 is 0. The van der Waals surface area contributed by atoms with Crippen LogP contribution in [0.5, 0.6) is 11.5 Å². The van der Waals surface area contributed by atoms with Gasteiger partial charge in [0, 0.05) is 23.9 Å². The Balaban J connectivity index is 1.55. The number of anilines is 1. The number of aliphatic hydroxyl groups excluding tert-OH is 1. The highest BCUT2D eigenvalue weighted by Crippen LogP contribution is 2.32. The van der Waals surface area contributed by atoms with Crippen LogP contribution < -0.4 is 20.1 Å². The summed E-state index contributed by atoms with van der Waals surface area (Å²) in [5.41, 5.74) is 0.661. The highest BCUT2D eigenvalue weighted by Gasteiger charge is 2.15. The molecule has 0 bridgehead atoms. The van der Waals surface area contributed by atoms with Crippen molar-refractivity contribution in [3.63, 3.8) is 0 Å². The molecule has 24 heavy (non-hydrogen) atoms. The highest BCUT2D eigenvalue weighted by molar-refractivity contribution is 5.89. The van der Waals surface area contributed by atoms with Gasteiger partial charge in [-0.3, -0.25) is 0 Å². The van der Waals surface area contributed by atoms with E-state index in [1.807, 2.05) is 0 Å². The molecule has 0 spiro atoms. The molecule has 1 aliphatic heterocycles. The quantitative estimate of drug-likeness (QED) is 0.803. The fourth-order valence-corrected chi connectivity index (χ4v) is 2.34. The van der Waals surface area contributed by atoms with Crippen molar-refractivity contribution in [2.24, 2.45) is 0 Å². The van der Waals surface area contributed by atoms with Gasteiger partial charge in [-0.25, -0.2) is 9.18 Å². The Morgan fingerprint density at radius 1 is 1.17 bits per heavy atom. The Kier molecular flexibility index (Phi) is 4.81. The van der Waals surface area contributed by atoms with Crippen LogP contribution in [0, 0.1) is 5.82 Å². The summed E-state index contributed by atoms with van der Waals surface area (Å²) in [5, 5.41) is 15.1. The van der Waals surface area contributed by atoms with E-state index in [1.165, 1.54) is 18.2 Å². The van der Waals surface area contributed by atoms with Crippen LogP contribution in [0.15, 0.2) is 42.5 Å². The van der Waals surface area contributed by atoms with E-state index in [1.54, 1.807) is 24.3 Å². The van der Waals surface area contributed by atoms with Crippen molar-refractivity contribution in [2.75, 3.05) is 25.1 Å². The normalized spacial score (nSPS) is 13.9. The van der Waals surface area contributed by atoms with E-state index in [9.17, 15) is 14.3 Å². The number of benzene rings is 2. The van der Waals surface area contributed by atoms with E-state index < -0.39 is 18.0 Å². The van der Waals surface area contributed by atoms with Gasteiger partial charge in [-0.1, -0.05) is 18.2 Å². The fraction of sp³-hybridized carbons (Fsp3) is 0.235. The van der Waals surface area contributed by atoms with Crippen molar-refractivity contribution in [1.29, 1.82) is 0 Å². The third-order valence-corrected chi connectivity index (χ3v) is 3.52. The number of aliphatic hydroxyl groups is 1. The molecule has 1 atom stereocenters. The summed E-state index contributed by atoms with van der Waals surface area (Å²) in [6, 6.07) is 10.4. The topological polar surface area (TPSA) is 79.8 Å². The largest absolute Gasteiger partial charge is 0.486 e. The number of rotatable bonds is 4. The van der Waals surface area contributed by atoms with E-state index in [2.05, 4.69) is 10.6 Å². The molecule has 2 aromatic rings. The molecule has 0 fully saturated rings. The zero-order chi connectivity index (χ0) is 16.9. The number of urea groups is 1. The first-order valence-corrected chi connectivity index (χ1v) is 7.50. The number of hydrogen-bond donors (Lipinski definition) is 3. The molecule has 1 unspecified atom stereocenters. The van der Waals surface area contributed by atoms with E-state index >= 15 is 0 Å². The van der Waals surface area contributed by atoms with Crippen molar-refractivity contribution >= 4 is 11.7 Å². The number of fused-ring (bicyclic) bond motifs is 1. The summed E-state index contributed by atoms with van der Waals surface area (Å²) in [6.45, 7) is 0.836. The summed E-state index contributed by atoms with van der Waals surface area (Å²) in [7, 11) is 0. The van der Waals surface area contributed by atoms with E-state index in [0.717, 1.165) is 0 Å². The van der Waals surface area contributed by atoms with Crippen LogP contribution in [0.1, 0.15) is 11.7 Å². The number of hydrogen-bond acceptors (Lipinski definition) is 4. The minimum atomic E-state index is -1.13. The molecule has 7 heteroatoms. The molecule has 0 saturated heterocycles. The average molecular weight is 332 g/mol. The van der Waals surface area contributed by atoms with E-state index in [4.69, 9.17) is 9.47 Å². The Morgan fingerprint density at radius 3 is 2.71 bits per heavy atom. The van der Waals surface area contributed by atoms with E-state index in [0.29, 0.717) is 30.4 Å². The van der Waals surface area contributed by atoms with Crippen LogP contribution in [0.3, 0.4) is 0 Å². The molecule has 0 saturated carbocycles. The Labute approximate surface area is 138 Å². The standard InChI is InChI=1S/C17H17FN2O4/c18-13-4-2-1-3-12(13)14(21)10-19-17(22)20-11-5-6-15-16(9-11)24-8-7-23-15/h1-6,9,14,21H,7-8,10H2,(H2,19,20,22). The summed E-state index contributed by atoms with van der Waals surface area (Å²) in [6.07, 6.45) is -1.13. The summed E-state index contributed by atoms with van der Waals surface area (Å²) < 4.78 is 24.4. The van der Waals surface area contributed by atoms with Crippen LogP contribution in [-0.2, 0) is 0 Å². The highest BCUT2D eigenvalue weighted by atomic mass is 19.1. The van der Waals surface area contributed by atoms with Crippen LogP contribution >= 0.6 is 0 Å². The van der Waals surface area contributed by atoms with Crippen LogP contribution in [0.25, 0.3) is 0 Å². The number of ether oxygens (including phenoxy) is 2. The van der Waals surface area contributed by atoms with Crippen LogP contribution in [0.4, 0.5) is 14.9 Å². The molecule has 3 rings (SSSR count). The smallest absolute Gasteiger partial charge is 0.319 e. The van der Waals surface area contributed by atoms with E-state index in [-0.39, 0.29) is 12.1 Å². The lowest BCUT2D eigenvalue weighted by Crippen LogP contribution is -2.32. The molecule has 6 nitrogen and oxygen atoms in total. The molecule has 3 N–H and O–H groups in total. The second kappa shape index (κ2) is 7.18. The lowest BCUT2D eigenvalue weighted by Gasteiger charge is -2.19. The molecule has 2 amide bonds. The fourth-order valence-electron chi connectivity index (χ4n) is 2.34. The Hall–Kier alpha value is -2.80. The van der Waals surface area contributed by atoms with Crippen molar-refractivity contribution in [1.82, 2.24) is 5.32 Å². The third-order valence-electron chi connectivity index (χ3n) is 3.52. The lowest BCUT2D eigenvalue weighted by atomic mass is 10.1. The first-order valence-electron chi connectivity index (χ1n) is 7.50. The average Bonchev–Trinajstić information content (AvgIpc) is 2.60. The molecule has 1 aliphatic rings. The minimum absolute atomic E-state index is 0.114. The van der Waals surface area contributed by atoms with Crippen LogP contribution in [0.2, 0.25) is 0 Å². The van der Waals surface area contributed by atoms with Gasteiger partial charge in [0.2, 0.25) is 0 Å². The number of carbonyl (C=O) groups excluding carboxylic acids is 1. The Bertz CT molecular complexity index is 738. The van der Waals surface area contributed by atoms with Gasteiger partial charge in [0.1, 0.15) is 19.0 Å². The van der Waals surface area contributed by atoms with Gasteiger partial charge < -0.3 is 25.2 Å². The second-order valence-electron chi connectivity index (χ2n) is 5.23.